The average molecular weight is 350 g/mol. The Hall–Kier alpha value is -2.84. The van der Waals surface area contributed by atoms with E-state index in [0.29, 0.717) is 23.4 Å². The van der Waals surface area contributed by atoms with E-state index in [1.165, 1.54) is 19.3 Å². The normalized spacial score (nSPS) is 21.8. The third-order valence-corrected chi connectivity index (χ3v) is 4.76. The highest BCUT2D eigenvalue weighted by molar-refractivity contribution is 6.04. The maximum absolute atomic E-state index is 14.1. The van der Waals surface area contributed by atoms with Crippen molar-refractivity contribution in [3.63, 3.8) is 0 Å². The van der Waals surface area contributed by atoms with Gasteiger partial charge in [0.25, 0.3) is 0 Å². The molecule has 4 nitrogen and oxygen atoms in total. The summed E-state index contributed by atoms with van der Waals surface area (Å²) in [6.07, 6.45) is 1.88. The number of halogens is 1. The molecule has 1 aromatic heterocycles. The summed E-state index contributed by atoms with van der Waals surface area (Å²) in [5, 5.41) is 9.37. The quantitative estimate of drug-likeness (QED) is 0.833. The molecule has 5 heteroatoms. The summed E-state index contributed by atoms with van der Waals surface area (Å²) < 4.78 is 19.9. The van der Waals surface area contributed by atoms with E-state index < -0.39 is 11.0 Å². The van der Waals surface area contributed by atoms with E-state index in [0.717, 1.165) is 0 Å². The third-order valence-electron chi connectivity index (χ3n) is 4.76. The van der Waals surface area contributed by atoms with E-state index in [2.05, 4.69) is 4.98 Å². The molecule has 0 fully saturated rings. The molecule has 1 unspecified atom stereocenters. The molecule has 26 heavy (non-hydrogen) atoms. The zero-order valence-corrected chi connectivity index (χ0v) is 14.9. The molecule has 0 bridgehead atoms. The lowest BCUT2D eigenvalue weighted by molar-refractivity contribution is -0.128. The number of ether oxygens (including phenoxy) is 1. The van der Waals surface area contributed by atoms with Gasteiger partial charge in [-0.25, -0.2) is 9.37 Å². The van der Waals surface area contributed by atoms with Crippen LogP contribution in [0.1, 0.15) is 26.0 Å². The second-order valence-corrected chi connectivity index (χ2v) is 7.04. The Morgan fingerprint density at radius 2 is 1.92 bits per heavy atom. The predicted octanol–water partition coefficient (Wildman–Crippen LogP) is 4.18. The van der Waals surface area contributed by atoms with Crippen molar-refractivity contribution in [2.75, 3.05) is 7.11 Å². The summed E-state index contributed by atoms with van der Waals surface area (Å²) >= 11 is 0. The number of carbonyl (C=O) groups is 1. The smallest absolute Gasteiger partial charge is 0.178 e. The van der Waals surface area contributed by atoms with Gasteiger partial charge >= 0.3 is 0 Å². The van der Waals surface area contributed by atoms with E-state index in [-0.39, 0.29) is 17.2 Å². The van der Waals surface area contributed by atoms with Crippen LogP contribution in [0.3, 0.4) is 0 Å². The lowest BCUT2D eigenvalue weighted by atomic mass is 9.68. The first-order chi connectivity index (χ1) is 12.3. The standard InChI is InChI=1S/C21H19FN2O2/c1-20(2)13-21(26-3,11-14(12-23)19(20)25)18-10-6-9-17(24-18)15-7-4-5-8-16(15)22/h4-11H,13H2,1-3H3. The van der Waals surface area contributed by atoms with Crippen LogP contribution >= 0.6 is 0 Å². The Bertz CT molecular complexity index is 943. The molecule has 0 radical (unpaired) electrons. The number of aromatic nitrogens is 1. The first-order valence-electron chi connectivity index (χ1n) is 8.28. The maximum Gasteiger partial charge on any atom is 0.178 e. The highest BCUT2D eigenvalue weighted by atomic mass is 19.1. The third kappa shape index (κ3) is 2.93. The van der Waals surface area contributed by atoms with Crippen LogP contribution in [0.25, 0.3) is 11.3 Å². The second kappa shape index (κ2) is 6.47. The van der Waals surface area contributed by atoms with Gasteiger partial charge in [0, 0.05) is 18.1 Å². The molecule has 1 heterocycles. The number of nitrogens with zero attached hydrogens (tertiary/aromatic N) is 2. The Morgan fingerprint density at radius 1 is 1.19 bits per heavy atom. The highest BCUT2D eigenvalue weighted by Crippen LogP contribution is 2.44. The van der Waals surface area contributed by atoms with Gasteiger partial charge < -0.3 is 4.74 Å². The number of nitriles is 1. The van der Waals surface area contributed by atoms with Crippen molar-refractivity contribution < 1.29 is 13.9 Å². The number of rotatable bonds is 3. The predicted molar refractivity (Wildman–Crippen MR) is 95.4 cm³/mol. The molecule has 3 rings (SSSR count). The summed E-state index contributed by atoms with van der Waals surface area (Å²) in [6, 6.07) is 13.6. The fourth-order valence-electron chi connectivity index (χ4n) is 3.42. The summed E-state index contributed by atoms with van der Waals surface area (Å²) in [7, 11) is 1.52. The van der Waals surface area contributed by atoms with Crippen molar-refractivity contribution in [3.05, 3.63) is 65.6 Å². The van der Waals surface area contributed by atoms with E-state index in [1.807, 2.05) is 6.07 Å². The number of hydrogen-bond donors (Lipinski definition) is 0. The van der Waals surface area contributed by atoms with Crippen LogP contribution in [0.4, 0.5) is 4.39 Å². The molecule has 1 atom stereocenters. The van der Waals surface area contributed by atoms with Gasteiger partial charge in [0.1, 0.15) is 17.5 Å². The van der Waals surface area contributed by atoms with Crippen molar-refractivity contribution in [2.45, 2.75) is 25.9 Å². The van der Waals surface area contributed by atoms with Crippen molar-refractivity contribution in [1.29, 1.82) is 5.26 Å². The van der Waals surface area contributed by atoms with Gasteiger partial charge in [-0.15, -0.1) is 0 Å². The maximum atomic E-state index is 14.1. The van der Waals surface area contributed by atoms with Crippen molar-refractivity contribution >= 4 is 5.78 Å². The molecule has 1 aliphatic carbocycles. The van der Waals surface area contributed by atoms with Gasteiger partial charge in [0.15, 0.2) is 5.78 Å². The largest absolute Gasteiger partial charge is 0.368 e. The first-order valence-corrected chi connectivity index (χ1v) is 8.28. The molecule has 0 saturated carbocycles. The lowest BCUT2D eigenvalue weighted by Gasteiger charge is -2.39. The molecule has 1 aliphatic rings. The zero-order chi connectivity index (χ0) is 18.9. The number of methoxy groups -OCH3 is 1. The first kappa shape index (κ1) is 18.0. The fraction of sp³-hybridized carbons (Fsp3) is 0.286. The Labute approximate surface area is 151 Å². The highest BCUT2D eigenvalue weighted by Gasteiger charge is 2.47. The molecule has 1 aromatic carbocycles. The lowest BCUT2D eigenvalue weighted by Crippen LogP contribution is -2.42. The molecule has 132 valence electrons. The number of ketones is 1. The number of allylic oxidation sites excluding steroid dienone is 1. The van der Waals surface area contributed by atoms with Gasteiger partial charge in [-0.2, -0.15) is 5.26 Å². The second-order valence-electron chi connectivity index (χ2n) is 7.04. The Balaban J connectivity index is 2.17. The number of benzene rings is 1. The number of Topliss-reactive ketones (excluding diaryl/α,β-unsaturated/α-hetero) is 1. The molecule has 0 saturated heterocycles. The van der Waals surface area contributed by atoms with Crippen LogP contribution in [-0.2, 0) is 15.1 Å². The molecule has 0 N–H and O–H groups in total. The van der Waals surface area contributed by atoms with Gasteiger partial charge in [0.05, 0.1) is 17.0 Å². The summed E-state index contributed by atoms with van der Waals surface area (Å²) in [5.41, 5.74) is -0.347. The van der Waals surface area contributed by atoms with Gasteiger partial charge in [0.2, 0.25) is 0 Å². The van der Waals surface area contributed by atoms with E-state index in [9.17, 15) is 14.4 Å². The number of hydrogen-bond acceptors (Lipinski definition) is 4. The van der Waals surface area contributed by atoms with Crippen LogP contribution in [0.2, 0.25) is 0 Å². The van der Waals surface area contributed by atoms with Crippen LogP contribution in [0.15, 0.2) is 54.1 Å². The topological polar surface area (TPSA) is 63.0 Å². The van der Waals surface area contributed by atoms with E-state index >= 15 is 0 Å². The molecule has 2 aromatic rings. The molecule has 0 spiro atoms. The Kier molecular flexibility index (Phi) is 4.47. The minimum Gasteiger partial charge on any atom is -0.368 e. The number of carbonyl (C=O) groups excluding carboxylic acids is 1. The fourth-order valence-corrected chi connectivity index (χ4v) is 3.42. The zero-order valence-electron chi connectivity index (χ0n) is 14.9. The summed E-state index contributed by atoms with van der Waals surface area (Å²) in [6.45, 7) is 3.57. The number of pyridine rings is 1. The monoisotopic (exact) mass is 350 g/mol. The van der Waals surface area contributed by atoms with Crippen LogP contribution in [0.5, 0.6) is 0 Å². The van der Waals surface area contributed by atoms with Crippen molar-refractivity contribution in [1.82, 2.24) is 4.98 Å². The van der Waals surface area contributed by atoms with E-state index in [1.54, 1.807) is 50.2 Å². The SMILES string of the molecule is COC1(c2cccc(-c3ccccc3F)n2)C=C(C#N)C(=O)C(C)(C)C1. The molecular weight excluding hydrogens is 331 g/mol. The van der Waals surface area contributed by atoms with Crippen molar-refractivity contribution in [3.8, 4) is 17.3 Å². The van der Waals surface area contributed by atoms with Crippen LogP contribution in [-0.4, -0.2) is 17.9 Å². The summed E-state index contributed by atoms with van der Waals surface area (Å²) in [4.78, 5) is 17.0. The Morgan fingerprint density at radius 3 is 2.58 bits per heavy atom. The van der Waals surface area contributed by atoms with Gasteiger partial charge in [-0.3, -0.25) is 4.79 Å². The minimum absolute atomic E-state index is 0.0567. The summed E-state index contributed by atoms with van der Waals surface area (Å²) in [5.74, 6) is -0.575. The molecule has 0 amide bonds. The van der Waals surface area contributed by atoms with Crippen LogP contribution in [0, 0.1) is 22.6 Å². The van der Waals surface area contributed by atoms with Gasteiger partial charge in [-0.05, 0) is 36.8 Å². The van der Waals surface area contributed by atoms with E-state index in [4.69, 9.17) is 4.74 Å². The molecular formula is C21H19FN2O2. The van der Waals surface area contributed by atoms with Crippen molar-refractivity contribution in [2.24, 2.45) is 5.41 Å². The van der Waals surface area contributed by atoms with Gasteiger partial charge in [-0.1, -0.05) is 32.0 Å². The average Bonchev–Trinajstić information content (AvgIpc) is 2.64. The van der Waals surface area contributed by atoms with Crippen LogP contribution < -0.4 is 0 Å². The minimum atomic E-state index is -1.02. The molecule has 0 aliphatic heterocycles.